The monoisotopic (exact) mass is 346 g/mol. The molecule has 1 aromatic rings. The van der Waals surface area contributed by atoms with Crippen LogP contribution in [-0.4, -0.2) is 40.6 Å². The maximum Gasteiger partial charge on any atom is 0.238 e. The first-order chi connectivity index (χ1) is 11.6. The van der Waals surface area contributed by atoms with Crippen LogP contribution in [0.15, 0.2) is 18.2 Å². The van der Waals surface area contributed by atoms with Gasteiger partial charge in [-0.25, -0.2) is 0 Å². The first-order valence-electron chi connectivity index (χ1n) is 9.50. The van der Waals surface area contributed by atoms with E-state index >= 15 is 0 Å². The molecule has 0 bridgehead atoms. The van der Waals surface area contributed by atoms with Crippen molar-refractivity contribution >= 4 is 11.6 Å². The van der Waals surface area contributed by atoms with Crippen molar-refractivity contribution in [1.29, 1.82) is 0 Å². The maximum atomic E-state index is 12.8. The fraction of sp³-hybridized carbons (Fsp3) is 0.667. The number of aliphatic hydroxyl groups is 1. The molecule has 1 fully saturated rings. The fourth-order valence-corrected chi connectivity index (χ4v) is 3.87. The average Bonchev–Trinajstić information content (AvgIpc) is 2.94. The number of nitrogens with zero attached hydrogens (tertiary/aromatic N) is 1. The van der Waals surface area contributed by atoms with E-state index in [0.29, 0.717) is 18.4 Å². The largest absolute Gasteiger partial charge is 0.389 e. The third-order valence-corrected chi connectivity index (χ3v) is 5.16. The van der Waals surface area contributed by atoms with Crippen LogP contribution < -0.4 is 5.32 Å². The van der Waals surface area contributed by atoms with Crippen LogP contribution in [0.3, 0.4) is 0 Å². The van der Waals surface area contributed by atoms with Crippen molar-refractivity contribution in [3.05, 3.63) is 29.3 Å². The number of amides is 1. The zero-order chi connectivity index (χ0) is 18.8. The molecular formula is C21H34N2O2. The molecule has 0 aliphatic carbocycles. The summed E-state index contributed by atoms with van der Waals surface area (Å²) in [5.74, 6) is 0.709. The number of hydrogen-bond acceptors (Lipinski definition) is 3. The Hall–Kier alpha value is -1.39. The van der Waals surface area contributed by atoms with Gasteiger partial charge in [-0.15, -0.1) is 0 Å². The van der Waals surface area contributed by atoms with Crippen LogP contribution in [0.5, 0.6) is 0 Å². The fourth-order valence-electron chi connectivity index (χ4n) is 3.87. The predicted molar refractivity (Wildman–Crippen MR) is 104 cm³/mol. The normalized spacial score (nSPS) is 19.0. The maximum absolute atomic E-state index is 12.8. The van der Waals surface area contributed by atoms with Crippen molar-refractivity contribution in [1.82, 2.24) is 4.90 Å². The summed E-state index contributed by atoms with van der Waals surface area (Å²) >= 11 is 0. The quantitative estimate of drug-likeness (QED) is 0.815. The van der Waals surface area contributed by atoms with Gasteiger partial charge in [-0.05, 0) is 56.2 Å². The van der Waals surface area contributed by atoms with Crippen LogP contribution >= 0.6 is 0 Å². The van der Waals surface area contributed by atoms with Crippen LogP contribution in [0.2, 0.25) is 0 Å². The van der Waals surface area contributed by atoms with Gasteiger partial charge in [0.2, 0.25) is 5.91 Å². The van der Waals surface area contributed by atoms with Gasteiger partial charge < -0.3 is 10.4 Å². The molecule has 1 aliphatic heterocycles. The Kier molecular flexibility index (Phi) is 6.28. The Bertz CT molecular complexity index is 576. The molecule has 1 heterocycles. The first-order valence-corrected chi connectivity index (χ1v) is 9.50. The highest BCUT2D eigenvalue weighted by Gasteiger charge is 2.36. The zero-order valence-electron chi connectivity index (χ0n) is 16.6. The SMILES string of the molecule is CC(C)c1cccc(C(C)C)c1NC(=O)CN1CCCC1C(C)(C)O. The van der Waals surface area contributed by atoms with E-state index in [9.17, 15) is 9.90 Å². The van der Waals surface area contributed by atoms with E-state index in [1.165, 1.54) is 11.1 Å². The summed E-state index contributed by atoms with van der Waals surface area (Å²) < 4.78 is 0. The summed E-state index contributed by atoms with van der Waals surface area (Å²) in [7, 11) is 0. The van der Waals surface area contributed by atoms with E-state index < -0.39 is 5.60 Å². The number of rotatable bonds is 6. The second-order valence-corrected chi connectivity index (χ2v) is 8.45. The second-order valence-electron chi connectivity index (χ2n) is 8.45. The van der Waals surface area contributed by atoms with E-state index in [0.717, 1.165) is 25.1 Å². The van der Waals surface area contributed by atoms with Gasteiger partial charge in [-0.3, -0.25) is 9.69 Å². The Balaban J connectivity index is 2.18. The molecule has 1 unspecified atom stereocenters. The van der Waals surface area contributed by atoms with Crippen molar-refractivity contribution in [3.8, 4) is 0 Å². The third-order valence-electron chi connectivity index (χ3n) is 5.16. The molecule has 1 aromatic carbocycles. The molecule has 1 amide bonds. The van der Waals surface area contributed by atoms with E-state index in [-0.39, 0.29) is 11.9 Å². The molecule has 2 N–H and O–H groups in total. The lowest BCUT2D eigenvalue weighted by atomic mass is 9.92. The van der Waals surface area contributed by atoms with Crippen molar-refractivity contribution in [2.24, 2.45) is 0 Å². The number of para-hydroxylation sites is 1. The highest BCUT2D eigenvalue weighted by molar-refractivity contribution is 5.94. The Morgan fingerprint density at radius 2 is 1.80 bits per heavy atom. The topological polar surface area (TPSA) is 52.6 Å². The lowest BCUT2D eigenvalue weighted by molar-refractivity contribution is -0.118. The van der Waals surface area contributed by atoms with Crippen LogP contribution in [0, 0.1) is 0 Å². The number of carbonyl (C=O) groups excluding carboxylic acids is 1. The van der Waals surface area contributed by atoms with Crippen LogP contribution in [0.4, 0.5) is 5.69 Å². The molecule has 1 atom stereocenters. The molecule has 0 spiro atoms. The Morgan fingerprint density at radius 3 is 2.28 bits per heavy atom. The van der Waals surface area contributed by atoms with Gasteiger partial charge in [-0.2, -0.15) is 0 Å². The number of anilines is 1. The molecule has 0 radical (unpaired) electrons. The van der Waals surface area contributed by atoms with Gasteiger partial charge in [0.05, 0.1) is 12.1 Å². The predicted octanol–water partition coefficient (Wildman–Crippen LogP) is 4.11. The van der Waals surface area contributed by atoms with Gasteiger partial charge in [0.15, 0.2) is 0 Å². The molecule has 2 rings (SSSR count). The van der Waals surface area contributed by atoms with Gasteiger partial charge >= 0.3 is 0 Å². The Morgan fingerprint density at radius 1 is 1.24 bits per heavy atom. The highest BCUT2D eigenvalue weighted by Crippen LogP contribution is 2.32. The molecule has 4 heteroatoms. The van der Waals surface area contributed by atoms with Gasteiger partial charge in [0, 0.05) is 11.7 Å². The van der Waals surface area contributed by atoms with Crippen molar-refractivity contribution in [3.63, 3.8) is 0 Å². The van der Waals surface area contributed by atoms with Crippen LogP contribution in [-0.2, 0) is 4.79 Å². The molecule has 1 saturated heterocycles. The minimum Gasteiger partial charge on any atom is -0.389 e. The summed E-state index contributed by atoms with van der Waals surface area (Å²) in [5, 5.41) is 13.5. The third kappa shape index (κ3) is 4.83. The number of likely N-dealkylation sites (tertiary alicyclic amines) is 1. The molecular weight excluding hydrogens is 312 g/mol. The summed E-state index contributed by atoms with van der Waals surface area (Å²) in [6.45, 7) is 13.5. The lowest BCUT2D eigenvalue weighted by Gasteiger charge is -2.33. The molecule has 4 nitrogen and oxygen atoms in total. The summed E-state index contributed by atoms with van der Waals surface area (Å²) in [6, 6.07) is 6.32. The minimum atomic E-state index is -0.782. The highest BCUT2D eigenvalue weighted by atomic mass is 16.3. The van der Waals surface area contributed by atoms with Gasteiger partial charge in [0.1, 0.15) is 0 Å². The summed E-state index contributed by atoms with van der Waals surface area (Å²) in [4.78, 5) is 14.9. The number of benzene rings is 1. The molecule has 25 heavy (non-hydrogen) atoms. The Labute approximate surface area is 152 Å². The smallest absolute Gasteiger partial charge is 0.238 e. The molecule has 0 aromatic heterocycles. The van der Waals surface area contributed by atoms with Crippen LogP contribution in [0.25, 0.3) is 0 Å². The van der Waals surface area contributed by atoms with Crippen molar-refractivity contribution in [2.75, 3.05) is 18.4 Å². The van der Waals surface area contributed by atoms with Gasteiger partial charge in [0.25, 0.3) is 0 Å². The van der Waals surface area contributed by atoms with Crippen molar-refractivity contribution < 1.29 is 9.90 Å². The second kappa shape index (κ2) is 7.88. The number of hydrogen-bond donors (Lipinski definition) is 2. The standard InChI is InChI=1S/C21H34N2O2/c1-14(2)16-9-7-10-17(15(3)4)20(16)22-19(24)13-23-12-8-11-18(23)21(5,6)25/h7,9-10,14-15,18,25H,8,11-13H2,1-6H3,(H,22,24). The zero-order valence-corrected chi connectivity index (χ0v) is 16.6. The number of carbonyl (C=O) groups is 1. The minimum absolute atomic E-state index is 0.00569. The summed E-state index contributed by atoms with van der Waals surface area (Å²) in [5.41, 5.74) is 2.55. The molecule has 140 valence electrons. The molecule has 0 saturated carbocycles. The summed E-state index contributed by atoms with van der Waals surface area (Å²) in [6.07, 6.45) is 1.97. The number of nitrogens with one attached hydrogen (secondary N) is 1. The van der Waals surface area contributed by atoms with E-state index in [4.69, 9.17) is 0 Å². The van der Waals surface area contributed by atoms with Crippen molar-refractivity contribution in [2.45, 2.75) is 77.9 Å². The van der Waals surface area contributed by atoms with E-state index in [1.54, 1.807) is 0 Å². The lowest BCUT2D eigenvalue weighted by Crippen LogP contribution is -2.48. The van der Waals surface area contributed by atoms with E-state index in [1.807, 2.05) is 13.8 Å². The van der Waals surface area contributed by atoms with Gasteiger partial charge in [-0.1, -0.05) is 45.9 Å². The average molecular weight is 347 g/mol. The van der Waals surface area contributed by atoms with Crippen LogP contribution in [0.1, 0.15) is 77.3 Å². The molecule has 1 aliphatic rings. The first kappa shape index (κ1) is 19.9. The van der Waals surface area contributed by atoms with E-state index in [2.05, 4.69) is 56.1 Å².